The van der Waals surface area contributed by atoms with Crippen LogP contribution in [-0.2, 0) is 14.4 Å². The standard InChI is InChI=1S/C13H15Cl2N3O3/c1-7(8-3-4-9(14)10(15)5-8)18-11(19)6-17-13(21)12(20)16-2/h3-5,7H,6H2,1-2H3,(H,16,20)(H,17,21)(H,18,19)/t7-/m0/s1. The van der Waals surface area contributed by atoms with Gasteiger partial charge in [0.1, 0.15) is 0 Å². The fourth-order valence-corrected chi connectivity index (χ4v) is 1.82. The number of amides is 3. The predicted octanol–water partition coefficient (Wildman–Crippen LogP) is 1.03. The minimum atomic E-state index is -0.866. The lowest BCUT2D eigenvalue weighted by molar-refractivity contribution is -0.139. The van der Waals surface area contributed by atoms with Crippen molar-refractivity contribution in [2.75, 3.05) is 13.6 Å². The van der Waals surface area contributed by atoms with Gasteiger partial charge in [-0.15, -0.1) is 0 Å². The highest BCUT2D eigenvalue weighted by molar-refractivity contribution is 6.42. The van der Waals surface area contributed by atoms with Crippen LogP contribution in [0.1, 0.15) is 18.5 Å². The molecule has 1 aromatic rings. The van der Waals surface area contributed by atoms with Crippen molar-refractivity contribution < 1.29 is 14.4 Å². The molecule has 3 N–H and O–H groups in total. The first kappa shape index (κ1) is 17.3. The number of hydrogen-bond donors (Lipinski definition) is 3. The molecule has 0 spiro atoms. The van der Waals surface area contributed by atoms with Gasteiger partial charge in [0.05, 0.1) is 22.6 Å². The molecule has 1 aromatic carbocycles. The fourth-order valence-electron chi connectivity index (χ4n) is 1.51. The van der Waals surface area contributed by atoms with Gasteiger partial charge >= 0.3 is 11.8 Å². The second kappa shape index (κ2) is 7.85. The molecule has 114 valence electrons. The molecule has 0 bridgehead atoms. The lowest BCUT2D eigenvalue weighted by Gasteiger charge is -2.15. The number of likely N-dealkylation sites (N-methyl/N-ethyl adjacent to an activating group) is 1. The van der Waals surface area contributed by atoms with Crippen molar-refractivity contribution in [3.63, 3.8) is 0 Å². The summed E-state index contributed by atoms with van der Waals surface area (Å²) in [4.78, 5) is 33.8. The maximum atomic E-state index is 11.7. The van der Waals surface area contributed by atoms with Crippen LogP contribution in [0.25, 0.3) is 0 Å². The van der Waals surface area contributed by atoms with Crippen LogP contribution in [0.15, 0.2) is 18.2 Å². The molecule has 0 unspecified atom stereocenters. The molecule has 3 amide bonds. The largest absolute Gasteiger partial charge is 0.351 e. The number of hydrogen-bond acceptors (Lipinski definition) is 3. The van der Waals surface area contributed by atoms with Crippen LogP contribution in [0.3, 0.4) is 0 Å². The third-order valence-corrected chi connectivity index (χ3v) is 3.40. The first-order valence-corrected chi connectivity index (χ1v) is 6.85. The van der Waals surface area contributed by atoms with Crippen molar-refractivity contribution in [1.29, 1.82) is 0 Å². The Morgan fingerprint density at radius 2 is 1.81 bits per heavy atom. The first-order chi connectivity index (χ1) is 9.85. The van der Waals surface area contributed by atoms with Crippen LogP contribution < -0.4 is 16.0 Å². The molecule has 6 nitrogen and oxygen atoms in total. The zero-order valence-electron chi connectivity index (χ0n) is 11.5. The topological polar surface area (TPSA) is 87.3 Å². The van der Waals surface area contributed by atoms with Gasteiger partial charge in [-0.05, 0) is 24.6 Å². The van der Waals surface area contributed by atoms with Gasteiger partial charge in [-0.1, -0.05) is 29.3 Å². The lowest BCUT2D eigenvalue weighted by Crippen LogP contribution is -2.43. The van der Waals surface area contributed by atoms with Crippen LogP contribution >= 0.6 is 23.2 Å². The highest BCUT2D eigenvalue weighted by Crippen LogP contribution is 2.25. The average Bonchev–Trinajstić information content (AvgIpc) is 2.46. The molecule has 0 heterocycles. The molecule has 0 saturated carbocycles. The lowest BCUT2D eigenvalue weighted by atomic mass is 10.1. The van der Waals surface area contributed by atoms with E-state index in [0.717, 1.165) is 5.56 Å². The highest BCUT2D eigenvalue weighted by atomic mass is 35.5. The zero-order valence-corrected chi connectivity index (χ0v) is 13.0. The van der Waals surface area contributed by atoms with Crippen LogP contribution in [0.5, 0.6) is 0 Å². The molecule has 8 heteroatoms. The van der Waals surface area contributed by atoms with Crippen LogP contribution in [-0.4, -0.2) is 31.3 Å². The number of carbonyl (C=O) groups excluding carboxylic acids is 3. The van der Waals surface area contributed by atoms with E-state index >= 15 is 0 Å². The number of carbonyl (C=O) groups is 3. The second-order valence-electron chi connectivity index (χ2n) is 4.22. The second-order valence-corrected chi connectivity index (χ2v) is 5.04. The number of benzene rings is 1. The van der Waals surface area contributed by atoms with Crippen LogP contribution in [0, 0.1) is 0 Å². The Labute approximate surface area is 132 Å². The number of nitrogens with one attached hydrogen (secondary N) is 3. The van der Waals surface area contributed by atoms with E-state index in [0.29, 0.717) is 10.0 Å². The highest BCUT2D eigenvalue weighted by Gasteiger charge is 2.14. The van der Waals surface area contributed by atoms with Crippen molar-refractivity contribution in [2.45, 2.75) is 13.0 Å². The summed E-state index contributed by atoms with van der Waals surface area (Å²) >= 11 is 11.7. The average molecular weight is 332 g/mol. The van der Waals surface area contributed by atoms with Gasteiger partial charge in [0.25, 0.3) is 0 Å². The SMILES string of the molecule is CNC(=O)C(=O)NCC(=O)N[C@@H](C)c1ccc(Cl)c(Cl)c1. The molecule has 0 radical (unpaired) electrons. The van der Waals surface area contributed by atoms with Crippen LogP contribution in [0.2, 0.25) is 10.0 Å². The minimum Gasteiger partial charge on any atom is -0.351 e. The van der Waals surface area contributed by atoms with Gasteiger partial charge in [-0.3, -0.25) is 14.4 Å². The Balaban J connectivity index is 2.52. The molecule has 0 aromatic heterocycles. The van der Waals surface area contributed by atoms with Crippen molar-refractivity contribution in [2.24, 2.45) is 0 Å². The predicted molar refractivity (Wildman–Crippen MR) is 80.1 cm³/mol. The monoisotopic (exact) mass is 331 g/mol. The molecular formula is C13H15Cl2N3O3. The summed E-state index contributed by atoms with van der Waals surface area (Å²) in [6, 6.07) is 4.71. The minimum absolute atomic E-state index is 0.294. The van der Waals surface area contributed by atoms with E-state index in [1.54, 1.807) is 25.1 Å². The summed E-state index contributed by atoms with van der Waals surface area (Å²) in [6.07, 6.45) is 0. The van der Waals surface area contributed by atoms with E-state index in [-0.39, 0.29) is 12.6 Å². The maximum Gasteiger partial charge on any atom is 0.309 e. The Hall–Kier alpha value is -1.79. The summed E-state index contributed by atoms with van der Waals surface area (Å²) in [7, 11) is 1.33. The Morgan fingerprint density at radius 1 is 1.14 bits per heavy atom. The molecular weight excluding hydrogens is 317 g/mol. The molecule has 0 aliphatic heterocycles. The molecule has 0 aliphatic rings. The van der Waals surface area contributed by atoms with E-state index in [2.05, 4.69) is 16.0 Å². The van der Waals surface area contributed by atoms with Crippen LogP contribution in [0.4, 0.5) is 0 Å². The summed E-state index contributed by atoms with van der Waals surface area (Å²) < 4.78 is 0. The van der Waals surface area contributed by atoms with E-state index in [9.17, 15) is 14.4 Å². The van der Waals surface area contributed by atoms with Crippen molar-refractivity contribution >= 4 is 40.9 Å². The summed E-state index contributed by atoms with van der Waals surface area (Å²) in [5.41, 5.74) is 0.773. The van der Waals surface area contributed by atoms with Crippen molar-refractivity contribution in [3.8, 4) is 0 Å². The van der Waals surface area contributed by atoms with E-state index < -0.39 is 17.7 Å². The molecule has 21 heavy (non-hydrogen) atoms. The summed E-state index contributed by atoms with van der Waals surface area (Å²) in [5.74, 6) is -2.10. The third kappa shape index (κ3) is 5.24. The third-order valence-electron chi connectivity index (χ3n) is 2.66. The van der Waals surface area contributed by atoms with Gasteiger partial charge in [0, 0.05) is 7.05 Å². The van der Waals surface area contributed by atoms with E-state index in [1.807, 2.05) is 0 Å². The summed E-state index contributed by atoms with van der Waals surface area (Å²) in [5, 5.41) is 7.84. The quantitative estimate of drug-likeness (QED) is 0.720. The Morgan fingerprint density at radius 3 is 2.38 bits per heavy atom. The molecule has 1 rings (SSSR count). The van der Waals surface area contributed by atoms with E-state index in [4.69, 9.17) is 23.2 Å². The molecule has 1 atom stereocenters. The number of rotatable bonds is 4. The van der Waals surface area contributed by atoms with Gasteiger partial charge in [-0.25, -0.2) is 0 Å². The molecule has 0 fully saturated rings. The summed E-state index contributed by atoms with van der Waals surface area (Å²) in [6.45, 7) is 1.47. The van der Waals surface area contributed by atoms with Gasteiger partial charge in [0.2, 0.25) is 5.91 Å². The van der Waals surface area contributed by atoms with Gasteiger partial charge in [0.15, 0.2) is 0 Å². The zero-order chi connectivity index (χ0) is 16.0. The smallest absolute Gasteiger partial charge is 0.309 e. The number of halogens is 2. The Bertz CT molecular complexity index is 564. The molecule has 0 aliphatic carbocycles. The van der Waals surface area contributed by atoms with Crippen molar-refractivity contribution in [3.05, 3.63) is 33.8 Å². The molecule has 0 saturated heterocycles. The fraction of sp³-hybridized carbons (Fsp3) is 0.308. The van der Waals surface area contributed by atoms with E-state index in [1.165, 1.54) is 7.05 Å². The van der Waals surface area contributed by atoms with Gasteiger partial charge < -0.3 is 16.0 Å². The Kier molecular flexibility index (Phi) is 6.45. The van der Waals surface area contributed by atoms with Crippen molar-refractivity contribution in [1.82, 2.24) is 16.0 Å². The normalized spacial score (nSPS) is 11.4. The van der Waals surface area contributed by atoms with Gasteiger partial charge in [-0.2, -0.15) is 0 Å². The maximum absolute atomic E-state index is 11.7. The first-order valence-electron chi connectivity index (χ1n) is 6.09.